The summed E-state index contributed by atoms with van der Waals surface area (Å²) in [5, 5.41) is 10.5. The van der Waals surface area contributed by atoms with Gasteiger partial charge in [-0.15, -0.1) is 10.2 Å². The molecule has 1 aromatic heterocycles. The number of hydrogen-bond donors (Lipinski definition) is 2. The largest absolute Gasteiger partial charge is 0.348 e. The van der Waals surface area contributed by atoms with E-state index in [1.54, 1.807) is 6.33 Å². The summed E-state index contributed by atoms with van der Waals surface area (Å²) in [7, 11) is 0. The van der Waals surface area contributed by atoms with Crippen LogP contribution < -0.4 is 11.1 Å². The monoisotopic (exact) mass is 225 g/mol. The lowest BCUT2D eigenvalue weighted by molar-refractivity contribution is -0.129. The maximum atomic E-state index is 11.7. The highest BCUT2D eigenvalue weighted by Crippen LogP contribution is 2.12. The summed E-state index contributed by atoms with van der Waals surface area (Å²) in [6, 6.07) is 0. The first-order valence-electron chi connectivity index (χ1n) is 5.36. The van der Waals surface area contributed by atoms with Gasteiger partial charge in [0, 0.05) is 13.1 Å². The molecule has 0 fully saturated rings. The Morgan fingerprint density at radius 2 is 2.31 bits per heavy atom. The van der Waals surface area contributed by atoms with Crippen LogP contribution in [0.5, 0.6) is 0 Å². The van der Waals surface area contributed by atoms with Crippen LogP contribution in [-0.2, 0) is 17.9 Å². The Bertz CT molecular complexity index is 358. The van der Waals surface area contributed by atoms with E-state index in [2.05, 4.69) is 15.5 Å². The molecule has 1 rings (SSSR count). The molecule has 3 N–H and O–H groups in total. The summed E-state index contributed by atoms with van der Waals surface area (Å²) >= 11 is 0. The Morgan fingerprint density at radius 3 is 2.88 bits per heavy atom. The van der Waals surface area contributed by atoms with Crippen molar-refractivity contribution in [2.45, 2.75) is 33.9 Å². The van der Waals surface area contributed by atoms with Crippen molar-refractivity contribution in [1.29, 1.82) is 0 Å². The van der Waals surface area contributed by atoms with Gasteiger partial charge in [-0.05, 0) is 20.8 Å². The first-order chi connectivity index (χ1) is 7.51. The molecular weight excluding hydrogens is 206 g/mol. The normalized spacial score (nSPS) is 11.5. The third-order valence-electron chi connectivity index (χ3n) is 2.57. The van der Waals surface area contributed by atoms with Crippen molar-refractivity contribution in [2.75, 3.05) is 6.54 Å². The van der Waals surface area contributed by atoms with Crippen LogP contribution in [0, 0.1) is 5.41 Å². The van der Waals surface area contributed by atoms with Crippen LogP contribution >= 0.6 is 0 Å². The number of nitrogens with zero attached hydrogens (tertiary/aromatic N) is 3. The van der Waals surface area contributed by atoms with Gasteiger partial charge < -0.3 is 15.6 Å². The number of nitrogens with two attached hydrogens (primary N) is 1. The fourth-order valence-corrected chi connectivity index (χ4v) is 1.17. The van der Waals surface area contributed by atoms with Crippen molar-refractivity contribution in [2.24, 2.45) is 11.1 Å². The van der Waals surface area contributed by atoms with Crippen molar-refractivity contribution < 1.29 is 4.79 Å². The summed E-state index contributed by atoms with van der Waals surface area (Å²) in [6.45, 7) is 7.12. The van der Waals surface area contributed by atoms with Crippen LogP contribution in [0.4, 0.5) is 0 Å². The number of hydrogen-bond acceptors (Lipinski definition) is 4. The zero-order valence-electron chi connectivity index (χ0n) is 10.0. The number of aromatic nitrogens is 3. The average Bonchev–Trinajstić information content (AvgIpc) is 2.72. The number of amides is 1. The first kappa shape index (κ1) is 12.6. The molecule has 0 aliphatic rings. The quantitative estimate of drug-likeness (QED) is 0.732. The minimum Gasteiger partial charge on any atom is -0.348 e. The summed E-state index contributed by atoms with van der Waals surface area (Å²) in [5.41, 5.74) is 4.97. The van der Waals surface area contributed by atoms with Gasteiger partial charge in [0.25, 0.3) is 0 Å². The van der Waals surface area contributed by atoms with Gasteiger partial charge in [-0.25, -0.2) is 0 Å². The highest BCUT2D eigenvalue weighted by Gasteiger charge is 2.25. The van der Waals surface area contributed by atoms with Gasteiger partial charge in [0.2, 0.25) is 5.91 Å². The van der Waals surface area contributed by atoms with Gasteiger partial charge in [0.1, 0.15) is 6.33 Å². The minimum absolute atomic E-state index is 0.0688. The number of aryl methyl sites for hydroxylation is 1. The Kier molecular flexibility index (Phi) is 4.00. The Labute approximate surface area is 95.2 Å². The smallest absolute Gasteiger partial charge is 0.227 e. The van der Waals surface area contributed by atoms with E-state index in [-0.39, 0.29) is 5.91 Å². The predicted molar refractivity (Wildman–Crippen MR) is 60.4 cm³/mol. The number of rotatable bonds is 5. The zero-order valence-corrected chi connectivity index (χ0v) is 10.0. The fourth-order valence-electron chi connectivity index (χ4n) is 1.17. The molecule has 0 bridgehead atoms. The molecule has 0 saturated carbocycles. The highest BCUT2D eigenvalue weighted by atomic mass is 16.2. The Morgan fingerprint density at radius 1 is 1.62 bits per heavy atom. The zero-order chi connectivity index (χ0) is 12.2. The lowest BCUT2D eigenvalue weighted by atomic mass is 9.93. The second-order valence-corrected chi connectivity index (χ2v) is 4.30. The molecule has 1 amide bonds. The number of carbonyl (C=O) groups excluding carboxylic acids is 1. The second-order valence-electron chi connectivity index (χ2n) is 4.30. The summed E-state index contributed by atoms with van der Waals surface area (Å²) in [4.78, 5) is 11.7. The molecule has 16 heavy (non-hydrogen) atoms. The summed E-state index contributed by atoms with van der Waals surface area (Å²) in [6.07, 6.45) is 1.65. The van der Waals surface area contributed by atoms with Crippen LogP contribution in [0.3, 0.4) is 0 Å². The molecule has 6 heteroatoms. The molecule has 0 unspecified atom stereocenters. The number of carbonyl (C=O) groups is 1. The van der Waals surface area contributed by atoms with Crippen molar-refractivity contribution in [3.05, 3.63) is 12.2 Å². The maximum absolute atomic E-state index is 11.7. The van der Waals surface area contributed by atoms with E-state index >= 15 is 0 Å². The topological polar surface area (TPSA) is 85.8 Å². The minimum atomic E-state index is -0.545. The molecule has 6 nitrogen and oxygen atoms in total. The van der Waals surface area contributed by atoms with Crippen molar-refractivity contribution >= 4 is 5.91 Å². The third-order valence-corrected chi connectivity index (χ3v) is 2.57. The van der Waals surface area contributed by atoms with E-state index in [4.69, 9.17) is 5.73 Å². The molecule has 1 aromatic rings. The SMILES string of the molecule is CCn1cnnc1CNC(=O)C(C)(C)CN. The molecule has 0 aliphatic heterocycles. The molecular formula is C10H19N5O. The standard InChI is InChI=1S/C10H19N5O/c1-4-15-7-13-14-8(15)5-12-9(16)10(2,3)6-11/h7H,4-6,11H2,1-3H3,(H,12,16). The van der Waals surface area contributed by atoms with E-state index in [1.165, 1.54) is 0 Å². The van der Waals surface area contributed by atoms with Crippen LogP contribution in [0.2, 0.25) is 0 Å². The maximum Gasteiger partial charge on any atom is 0.227 e. The second kappa shape index (κ2) is 5.07. The van der Waals surface area contributed by atoms with E-state index in [0.717, 1.165) is 12.4 Å². The van der Waals surface area contributed by atoms with E-state index < -0.39 is 5.41 Å². The van der Waals surface area contributed by atoms with Crippen LogP contribution in [0.25, 0.3) is 0 Å². The van der Waals surface area contributed by atoms with Gasteiger partial charge in [0.05, 0.1) is 12.0 Å². The van der Waals surface area contributed by atoms with E-state index in [1.807, 2.05) is 25.3 Å². The van der Waals surface area contributed by atoms with Crippen LogP contribution in [-0.4, -0.2) is 27.2 Å². The van der Waals surface area contributed by atoms with Gasteiger partial charge in [-0.1, -0.05) is 0 Å². The van der Waals surface area contributed by atoms with Gasteiger partial charge in [-0.2, -0.15) is 0 Å². The first-order valence-corrected chi connectivity index (χ1v) is 5.36. The van der Waals surface area contributed by atoms with Crippen molar-refractivity contribution in [3.63, 3.8) is 0 Å². The molecule has 1 heterocycles. The number of nitrogens with one attached hydrogen (secondary N) is 1. The molecule has 90 valence electrons. The Balaban J connectivity index is 2.55. The molecule has 0 spiro atoms. The molecule has 0 aliphatic carbocycles. The van der Waals surface area contributed by atoms with Gasteiger partial charge in [0.15, 0.2) is 5.82 Å². The molecule has 0 aromatic carbocycles. The van der Waals surface area contributed by atoms with Crippen LogP contribution in [0.15, 0.2) is 6.33 Å². The molecule has 0 saturated heterocycles. The summed E-state index contributed by atoms with van der Waals surface area (Å²) in [5.74, 6) is 0.685. The van der Waals surface area contributed by atoms with Gasteiger partial charge >= 0.3 is 0 Å². The van der Waals surface area contributed by atoms with E-state index in [9.17, 15) is 4.79 Å². The van der Waals surface area contributed by atoms with Gasteiger partial charge in [-0.3, -0.25) is 4.79 Å². The summed E-state index contributed by atoms with van der Waals surface area (Å²) < 4.78 is 1.88. The third kappa shape index (κ3) is 2.79. The Hall–Kier alpha value is -1.43. The highest BCUT2D eigenvalue weighted by molar-refractivity contribution is 5.81. The average molecular weight is 225 g/mol. The van der Waals surface area contributed by atoms with Crippen LogP contribution in [0.1, 0.15) is 26.6 Å². The lowest BCUT2D eigenvalue weighted by Gasteiger charge is -2.20. The predicted octanol–water partition coefficient (Wildman–Crippen LogP) is -0.101. The van der Waals surface area contributed by atoms with Crippen molar-refractivity contribution in [1.82, 2.24) is 20.1 Å². The lowest BCUT2D eigenvalue weighted by Crippen LogP contribution is -2.41. The van der Waals surface area contributed by atoms with E-state index in [0.29, 0.717) is 13.1 Å². The fraction of sp³-hybridized carbons (Fsp3) is 0.700. The molecule has 0 atom stereocenters. The molecule has 0 radical (unpaired) electrons. The van der Waals surface area contributed by atoms with Crippen molar-refractivity contribution in [3.8, 4) is 0 Å².